The molecule has 2 fully saturated rings. The van der Waals surface area contributed by atoms with Crippen molar-refractivity contribution in [1.29, 1.82) is 0 Å². The second kappa shape index (κ2) is 7.68. The molecule has 1 amide bonds. The number of fused-ring (bicyclic) bond motifs is 1. The minimum atomic E-state index is 0.000150. The topological polar surface area (TPSA) is 57.5 Å². The minimum Gasteiger partial charge on any atom is -0.354 e. The van der Waals surface area contributed by atoms with Crippen LogP contribution in [0, 0.1) is 0 Å². The molecule has 144 valence electrons. The summed E-state index contributed by atoms with van der Waals surface area (Å²) in [6.07, 6.45) is 7.97. The lowest BCUT2D eigenvalue weighted by Gasteiger charge is -2.38. The highest BCUT2D eigenvalue weighted by atomic mass is 16.2. The summed E-state index contributed by atoms with van der Waals surface area (Å²) in [6.45, 7) is 7.53. The zero-order valence-corrected chi connectivity index (χ0v) is 16.2. The number of amides is 1. The normalized spacial score (nSPS) is 19.9. The van der Waals surface area contributed by atoms with Gasteiger partial charge in [0, 0.05) is 57.9 Å². The summed E-state index contributed by atoms with van der Waals surface area (Å²) in [6, 6.07) is 4.56. The Kier molecular flexibility index (Phi) is 5.11. The minimum absolute atomic E-state index is 0.000150. The zero-order valence-electron chi connectivity index (χ0n) is 16.2. The lowest BCUT2D eigenvalue weighted by Crippen LogP contribution is -2.50. The van der Waals surface area contributed by atoms with E-state index in [9.17, 15) is 4.79 Å². The molecule has 0 unspecified atom stereocenters. The van der Waals surface area contributed by atoms with Crippen molar-refractivity contribution in [1.82, 2.24) is 24.3 Å². The molecule has 7 nitrogen and oxygen atoms in total. The molecular formula is C20H28N6O. The van der Waals surface area contributed by atoms with E-state index in [0.717, 1.165) is 31.3 Å². The van der Waals surface area contributed by atoms with E-state index in [1.165, 1.54) is 19.4 Å². The van der Waals surface area contributed by atoms with Gasteiger partial charge < -0.3 is 14.4 Å². The third-order valence-electron chi connectivity index (χ3n) is 5.83. The van der Waals surface area contributed by atoms with Crippen molar-refractivity contribution in [3.05, 3.63) is 42.1 Å². The molecule has 2 aliphatic rings. The monoisotopic (exact) mass is 368 g/mol. The van der Waals surface area contributed by atoms with Crippen LogP contribution in [0.15, 0.2) is 30.7 Å². The van der Waals surface area contributed by atoms with Crippen molar-refractivity contribution in [3.8, 4) is 0 Å². The Bertz CT molecular complexity index is 786. The Balaban J connectivity index is 1.43. The third-order valence-corrected chi connectivity index (χ3v) is 5.83. The molecule has 0 spiro atoms. The van der Waals surface area contributed by atoms with Crippen LogP contribution in [-0.2, 0) is 13.6 Å². The molecule has 2 aromatic rings. The average molecular weight is 368 g/mol. The number of carbonyl (C=O) groups excluding carboxylic acids is 1. The Morgan fingerprint density at radius 2 is 2.15 bits per heavy atom. The van der Waals surface area contributed by atoms with Crippen LogP contribution in [0.2, 0.25) is 0 Å². The van der Waals surface area contributed by atoms with E-state index in [0.29, 0.717) is 24.7 Å². The fourth-order valence-corrected chi connectivity index (χ4v) is 4.13. The van der Waals surface area contributed by atoms with E-state index in [1.807, 2.05) is 36.9 Å². The van der Waals surface area contributed by atoms with Gasteiger partial charge in [-0.15, -0.1) is 0 Å². The van der Waals surface area contributed by atoms with Gasteiger partial charge in [-0.25, -0.2) is 9.97 Å². The first-order valence-electron chi connectivity index (χ1n) is 9.86. The number of piperazine rings is 1. The maximum Gasteiger partial charge on any atom is 0.255 e. The third kappa shape index (κ3) is 3.69. The van der Waals surface area contributed by atoms with Gasteiger partial charge in [0.1, 0.15) is 11.6 Å². The van der Waals surface area contributed by atoms with Crippen molar-refractivity contribution < 1.29 is 4.79 Å². The van der Waals surface area contributed by atoms with Gasteiger partial charge in [0.05, 0.1) is 12.1 Å². The Labute approximate surface area is 160 Å². The van der Waals surface area contributed by atoms with Crippen LogP contribution in [0.1, 0.15) is 35.9 Å². The molecule has 0 bridgehead atoms. The maximum absolute atomic E-state index is 12.9. The maximum atomic E-state index is 12.9. The smallest absolute Gasteiger partial charge is 0.255 e. The second-order valence-corrected chi connectivity index (χ2v) is 7.46. The molecular weight excluding hydrogens is 340 g/mol. The fourth-order valence-electron chi connectivity index (χ4n) is 4.13. The van der Waals surface area contributed by atoms with Gasteiger partial charge in [-0.2, -0.15) is 0 Å². The predicted molar refractivity (Wildman–Crippen MR) is 105 cm³/mol. The van der Waals surface area contributed by atoms with Crippen molar-refractivity contribution in [2.24, 2.45) is 7.05 Å². The Hall–Kier alpha value is -2.41. The number of imidazole rings is 1. The molecule has 0 radical (unpaired) electrons. The Morgan fingerprint density at radius 3 is 2.85 bits per heavy atom. The summed E-state index contributed by atoms with van der Waals surface area (Å²) in [7, 11) is 1.95. The van der Waals surface area contributed by atoms with Crippen molar-refractivity contribution >= 4 is 11.7 Å². The molecule has 4 heterocycles. The summed E-state index contributed by atoms with van der Waals surface area (Å²) in [5.41, 5.74) is 0.634. The summed E-state index contributed by atoms with van der Waals surface area (Å²) in [5, 5.41) is 0. The molecule has 2 aromatic heterocycles. The number of nitrogens with zero attached hydrogens (tertiary/aromatic N) is 6. The van der Waals surface area contributed by atoms with Gasteiger partial charge in [-0.1, -0.05) is 0 Å². The molecule has 4 rings (SSSR count). The quantitative estimate of drug-likeness (QED) is 0.805. The predicted octanol–water partition coefficient (Wildman–Crippen LogP) is 1.76. The first-order chi connectivity index (χ1) is 13.2. The molecule has 1 atom stereocenters. The summed E-state index contributed by atoms with van der Waals surface area (Å²) in [4.78, 5) is 28.6. The van der Waals surface area contributed by atoms with Crippen LogP contribution in [0.4, 0.5) is 5.82 Å². The lowest BCUT2D eigenvalue weighted by molar-refractivity contribution is 0.0747. The summed E-state index contributed by atoms with van der Waals surface area (Å²) >= 11 is 0. The van der Waals surface area contributed by atoms with Crippen LogP contribution < -0.4 is 4.90 Å². The van der Waals surface area contributed by atoms with Gasteiger partial charge in [-0.3, -0.25) is 9.69 Å². The number of hydrogen-bond donors (Lipinski definition) is 0. The van der Waals surface area contributed by atoms with Gasteiger partial charge >= 0.3 is 0 Å². The Morgan fingerprint density at radius 1 is 1.26 bits per heavy atom. The number of pyridine rings is 1. The van der Waals surface area contributed by atoms with Crippen LogP contribution in [0.25, 0.3) is 0 Å². The highest BCUT2D eigenvalue weighted by Gasteiger charge is 2.31. The molecule has 0 N–H and O–H groups in total. The summed E-state index contributed by atoms with van der Waals surface area (Å²) < 4.78 is 1.94. The molecule has 0 aliphatic carbocycles. The molecule has 2 aliphatic heterocycles. The van der Waals surface area contributed by atoms with Crippen LogP contribution >= 0.6 is 0 Å². The van der Waals surface area contributed by atoms with E-state index in [1.54, 1.807) is 17.3 Å². The van der Waals surface area contributed by atoms with E-state index >= 15 is 0 Å². The van der Waals surface area contributed by atoms with E-state index in [2.05, 4.69) is 19.8 Å². The molecule has 27 heavy (non-hydrogen) atoms. The van der Waals surface area contributed by atoms with Gasteiger partial charge in [0.25, 0.3) is 5.91 Å². The van der Waals surface area contributed by atoms with Crippen LogP contribution in [-0.4, -0.2) is 69.0 Å². The molecule has 0 aromatic carbocycles. The van der Waals surface area contributed by atoms with Crippen molar-refractivity contribution in [2.45, 2.75) is 32.4 Å². The SMILES string of the molecule is CCN(Cc1nccn1C)C(=O)c1ccc(N2CCN3CCC[C@@H]3C2)nc1. The summed E-state index contributed by atoms with van der Waals surface area (Å²) in [5.74, 6) is 1.86. The van der Waals surface area contributed by atoms with Crippen LogP contribution in [0.5, 0.6) is 0 Å². The number of carbonyl (C=O) groups is 1. The average Bonchev–Trinajstić information content (AvgIpc) is 3.33. The number of hydrogen-bond acceptors (Lipinski definition) is 5. The highest BCUT2D eigenvalue weighted by Crippen LogP contribution is 2.24. The largest absolute Gasteiger partial charge is 0.354 e. The highest BCUT2D eigenvalue weighted by molar-refractivity contribution is 5.94. The molecule has 2 saturated heterocycles. The van der Waals surface area contributed by atoms with E-state index < -0.39 is 0 Å². The fraction of sp³-hybridized carbons (Fsp3) is 0.550. The zero-order chi connectivity index (χ0) is 18.8. The number of anilines is 1. The van der Waals surface area contributed by atoms with Crippen molar-refractivity contribution in [2.75, 3.05) is 37.6 Å². The first-order valence-corrected chi connectivity index (χ1v) is 9.86. The van der Waals surface area contributed by atoms with E-state index in [-0.39, 0.29) is 5.91 Å². The molecule has 7 heteroatoms. The van der Waals surface area contributed by atoms with E-state index in [4.69, 9.17) is 0 Å². The van der Waals surface area contributed by atoms with Gasteiger partial charge in [0.2, 0.25) is 0 Å². The van der Waals surface area contributed by atoms with Gasteiger partial charge in [-0.05, 0) is 38.4 Å². The molecule has 0 saturated carbocycles. The first kappa shape index (κ1) is 18.0. The number of rotatable bonds is 5. The number of aryl methyl sites for hydroxylation is 1. The van der Waals surface area contributed by atoms with Crippen LogP contribution in [0.3, 0.4) is 0 Å². The standard InChI is InChI=1S/C20H28N6O/c1-3-24(15-19-21-8-10-23(19)2)20(27)16-6-7-18(22-13-16)26-12-11-25-9-4-5-17(25)14-26/h6-8,10,13,17H,3-5,9,11-12,14-15H2,1-2H3/t17-/m1/s1. The van der Waals surface area contributed by atoms with Crippen molar-refractivity contribution in [3.63, 3.8) is 0 Å². The van der Waals surface area contributed by atoms with Gasteiger partial charge in [0.15, 0.2) is 0 Å². The second-order valence-electron chi connectivity index (χ2n) is 7.46. The number of aromatic nitrogens is 3. The lowest BCUT2D eigenvalue weighted by atomic mass is 10.1.